The van der Waals surface area contributed by atoms with E-state index in [4.69, 9.17) is 5.73 Å². The molecule has 7 heteroatoms. The fraction of sp³-hybridized carbons (Fsp3) is 0.462. The molecule has 0 radical (unpaired) electrons. The van der Waals surface area contributed by atoms with Gasteiger partial charge in [-0.25, -0.2) is 8.78 Å². The van der Waals surface area contributed by atoms with Crippen LogP contribution in [-0.2, 0) is 0 Å². The first kappa shape index (κ1) is 17.3. The van der Waals surface area contributed by atoms with Crippen LogP contribution < -0.4 is 11.1 Å². The average Bonchev–Trinajstić information content (AvgIpc) is 2.80. The van der Waals surface area contributed by atoms with Crippen molar-refractivity contribution in [3.8, 4) is 0 Å². The lowest BCUT2D eigenvalue weighted by Gasteiger charge is -2.19. The zero-order chi connectivity index (χ0) is 14.0. The third-order valence-electron chi connectivity index (χ3n) is 3.53. The summed E-state index contributed by atoms with van der Waals surface area (Å²) in [5.74, 6) is -2.16. The molecule has 1 amide bonds. The van der Waals surface area contributed by atoms with Gasteiger partial charge in [0, 0.05) is 10.5 Å². The Morgan fingerprint density at radius 3 is 2.65 bits per heavy atom. The Morgan fingerprint density at radius 1 is 1.35 bits per heavy atom. The van der Waals surface area contributed by atoms with E-state index in [1.807, 2.05) is 0 Å². The second-order valence-electron chi connectivity index (χ2n) is 4.75. The maximum Gasteiger partial charge on any atom is 0.252 e. The monoisotopic (exact) mass is 368 g/mol. The Labute approximate surface area is 130 Å². The second kappa shape index (κ2) is 7.33. The first-order chi connectivity index (χ1) is 9.02. The van der Waals surface area contributed by atoms with E-state index in [0.29, 0.717) is 6.54 Å². The molecule has 0 saturated heterocycles. The van der Waals surface area contributed by atoms with E-state index < -0.39 is 17.5 Å². The van der Waals surface area contributed by atoms with Gasteiger partial charge in [-0.15, -0.1) is 12.4 Å². The summed E-state index contributed by atoms with van der Waals surface area (Å²) in [6, 6.07) is 1.87. The van der Waals surface area contributed by atoms with Crippen molar-refractivity contribution in [1.29, 1.82) is 0 Å². The van der Waals surface area contributed by atoms with Crippen molar-refractivity contribution in [2.24, 2.45) is 11.7 Å². The third kappa shape index (κ3) is 3.68. The topological polar surface area (TPSA) is 55.1 Å². The number of hydrogen-bond acceptors (Lipinski definition) is 2. The number of halogens is 4. The van der Waals surface area contributed by atoms with Gasteiger partial charge in [-0.3, -0.25) is 4.79 Å². The zero-order valence-electron chi connectivity index (χ0n) is 10.7. The van der Waals surface area contributed by atoms with Crippen LogP contribution in [0.15, 0.2) is 16.6 Å². The molecule has 1 aliphatic rings. The van der Waals surface area contributed by atoms with Gasteiger partial charge in [-0.2, -0.15) is 0 Å². The fourth-order valence-electron chi connectivity index (χ4n) is 2.45. The highest BCUT2D eigenvalue weighted by Crippen LogP contribution is 2.26. The van der Waals surface area contributed by atoms with Gasteiger partial charge >= 0.3 is 0 Å². The van der Waals surface area contributed by atoms with Gasteiger partial charge in [-0.1, -0.05) is 6.42 Å². The standard InChI is InChI=1S/C13H15BrF2N2O.ClH/c14-9-5-11(16)10(15)4-8(9)13(19)18-12-3-1-2-7(12)6-17;/h4-5,7,12H,1-3,6,17H2,(H,18,19);1H. The summed E-state index contributed by atoms with van der Waals surface area (Å²) in [6.45, 7) is 0.518. The quantitative estimate of drug-likeness (QED) is 0.805. The Morgan fingerprint density at radius 2 is 2.00 bits per heavy atom. The van der Waals surface area contributed by atoms with E-state index in [2.05, 4.69) is 21.2 Å². The first-order valence-corrected chi connectivity index (χ1v) is 6.97. The lowest BCUT2D eigenvalue weighted by Crippen LogP contribution is -2.40. The van der Waals surface area contributed by atoms with E-state index >= 15 is 0 Å². The van der Waals surface area contributed by atoms with Gasteiger partial charge in [-0.05, 0) is 53.4 Å². The maximum absolute atomic E-state index is 13.2. The minimum Gasteiger partial charge on any atom is -0.349 e. The number of benzene rings is 1. The Kier molecular flexibility index (Phi) is 6.36. The molecule has 0 aliphatic heterocycles. The number of hydrogen-bond donors (Lipinski definition) is 2. The van der Waals surface area contributed by atoms with Crippen LogP contribution in [-0.4, -0.2) is 18.5 Å². The molecule has 0 heterocycles. The molecule has 3 nitrogen and oxygen atoms in total. The van der Waals surface area contributed by atoms with Crippen molar-refractivity contribution >= 4 is 34.2 Å². The normalized spacial score (nSPS) is 21.4. The van der Waals surface area contributed by atoms with Crippen LogP contribution in [0.2, 0.25) is 0 Å². The molecule has 2 atom stereocenters. The van der Waals surface area contributed by atoms with Gasteiger partial charge in [0.2, 0.25) is 0 Å². The molecule has 1 aromatic rings. The number of nitrogens with one attached hydrogen (secondary N) is 1. The number of carbonyl (C=O) groups is 1. The van der Waals surface area contributed by atoms with Gasteiger partial charge in [0.1, 0.15) is 0 Å². The summed E-state index contributed by atoms with van der Waals surface area (Å²) in [6.07, 6.45) is 2.88. The summed E-state index contributed by atoms with van der Waals surface area (Å²) >= 11 is 3.07. The highest BCUT2D eigenvalue weighted by molar-refractivity contribution is 9.10. The van der Waals surface area contributed by atoms with Crippen LogP contribution in [0.1, 0.15) is 29.6 Å². The summed E-state index contributed by atoms with van der Waals surface area (Å²) < 4.78 is 26.4. The van der Waals surface area contributed by atoms with E-state index in [1.165, 1.54) is 0 Å². The molecular formula is C13H16BrClF2N2O. The molecule has 0 spiro atoms. The summed E-state index contributed by atoms with van der Waals surface area (Å²) in [5.41, 5.74) is 5.74. The zero-order valence-corrected chi connectivity index (χ0v) is 13.1. The van der Waals surface area contributed by atoms with Crippen molar-refractivity contribution in [3.05, 3.63) is 33.8 Å². The van der Waals surface area contributed by atoms with E-state index in [9.17, 15) is 13.6 Å². The molecule has 1 saturated carbocycles. The van der Waals surface area contributed by atoms with E-state index in [0.717, 1.165) is 31.4 Å². The summed E-state index contributed by atoms with van der Waals surface area (Å²) in [4.78, 5) is 12.1. The lowest BCUT2D eigenvalue weighted by atomic mass is 10.0. The van der Waals surface area contributed by atoms with Crippen molar-refractivity contribution < 1.29 is 13.6 Å². The largest absolute Gasteiger partial charge is 0.349 e. The Bertz CT molecular complexity index is 502. The highest BCUT2D eigenvalue weighted by Gasteiger charge is 2.28. The van der Waals surface area contributed by atoms with E-state index in [-0.39, 0.29) is 34.4 Å². The SMILES string of the molecule is Cl.NCC1CCCC1NC(=O)c1cc(F)c(F)cc1Br. The van der Waals surface area contributed by atoms with Crippen LogP contribution in [0.4, 0.5) is 8.78 Å². The molecule has 112 valence electrons. The number of rotatable bonds is 3. The minimum absolute atomic E-state index is 0. The third-order valence-corrected chi connectivity index (χ3v) is 4.19. The fourth-order valence-corrected chi connectivity index (χ4v) is 2.95. The summed E-state index contributed by atoms with van der Waals surface area (Å²) in [7, 11) is 0. The molecule has 0 bridgehead atoms. The maximum atomic E-state index is 13.2. The minimum atomic E-state index is -1.03. The molecular weight excluding hydrogens is 354 g/mol. The molecule has 2 rings (SSSR count). The average molecular weight is 370 g/mol. The molecule has 1 aliphatic carbocycles. The van der Waals surface area contributed by atoms with Crippen molar-refractivity contribution in [3.63, 3.8) is 0 Å². The Hall–Kier alpha value is -0.720. The van der Waals surface area contributed by atoms with Crippen LogP contribution >= 0.6 is 28.3 Å². The van der Waals surface area contributed by atoms with Gasteiger partial charge in [0.25, 0.3) is 5.91 Å². The van der Waals surface area contributed by atoms with Gasteiger partial charge in [0.15, 0.2) is 11.6 Å². The van der Waals surface area contributed by atoms with Gasteiger partial charge < -0.3 is 11.1 Å². The van der Waals surface area contributed by atoms with E-state index in [1.54, 1.807) is 0 Å². The predicted octanol–water partition coefficient (Wildman–Crippen LogP) is 3.01. The highest BCUT2D eigenvalue weighted by atomic mass is 79.9. The molecule has 2 unspecified atom stereocenters. The predicted molar refractivity (Wildman–Crippen MR) is 79.0 cm³/mol. The number of nitrogens with two attached hydrogens (primary N) is 1. The molecule has 20 heavy (non-hydrogen) atoms. The number of amides is 1. The number of carbonyl (C=O) groups excluding carboxylic acids is 1. The Balaban J connectivity index is 0.00000200. The van der Waals surface area contributed by atoms with Gasteiger partial charge in [0.05, 0.1) is 5.56 Å². The van der Waals surface area contributed by atoms with Crippen LogP contribution in [0.5, 0.6) is 0 Å². The molecule has 3 N–H and O–H groups in total. The van der Waals surface area contributed by atoms with Crippen molar-refractivity contribution in [2.45, 2.75) is 25.3 Å². The summed E-state index contributed by atoms with van der Waals surface area (Å²) in [5, 5.41) is 2.85. The second-order valence-corrected chi connectivity index (χ2v) is 5.61. The van der Waals surface area contributed by atoms with Crippen molar-refractivity contribution in [2.75, 3.05) is 6.54 Å². The lowest BCUT2D eigenvalue weighted by molar-refractivity contribution is 0.0927. The van der Waals surface area contributed by atoms with Crippen LogP contribution in [0.25, 0.3) is 0 Å². The van der Waals surface area contributed by atoms with Crippen LogP contribution in [0, 0.1) is 17.6 Å². The van der Waals surface area contributed by atoms with Crippen molar-refractivity contribution in [1.82, 2.24) is 5.32 Å². The molecule has 1 aromatic carbocycles. The molecule has 1 fully saturated rings. The molecule has 0 aromatic heterocycles. The first-order valence-electron chi connectivity index (χ1n) is 6.18. The van der Waals surface area contributed by atoms with Crippen LogP contribution in [0.3, 0.4) is 0 Å². The smallest absolute Gasteiger partial charge is 0.252 e.